The monoisotopic (exact) mass is 372 g/mol. The molecule has 2 aromatic carbocycles. The summed E-state index contributed by atoms with van der Waals surface area (Å²) in [5.74, 6) is -0.781. The number of rotatable bonds is 6. The molecule has 27 heavy (non-hydrogen) atoms. The van der Waals surface area contributed by atoms with E-state index in [0.29, 0.717) is 24.3 Å². The Labute approximate surface area is 156 Å². The Balaban J connectivity index is 1.90. The summed E-state index contributed by atoms with van der Waals surface area (Å²) in [6, 6.07) is 9.90. The lowest BCUT2D eigenvalue weighted by molar-refractivity contribution is -0.116. The third kappa shape index (κ3) is 4.09. The van der Waals surface area contributed by atoms with E-state index < -0.39 is 11.7 Å². The van der Waals surface area contributed by atoms with Gasteiger partial charge in [-0.1, -0.05) is 18.2 Å². The van der Waals surface area contributed by atoms with E-state index in [4.69, 9.17) is 4.74 Å². The number of aryl methyl sites for hydroxylation is 1. The normalized spacial score (nSPS) is 12.9. The summed E-state index contributed by atoms with van der Waals surface area (Å²) in [4.78, 5) is 25.8. The fourth-order valence-electron chi connectivity index (χ4n) is 3.15. The zero-order valence-corrected chi connectivity index (χ0v) is 15.0. The summed E-state index contributed by atoms with van der Waals surface area (Å²) in [7, 11) is 1.54. The fraction of sp³-hybridized carbons (Fsp3) is 0.300. The van der Waals surface area contributed by atoms with E-state index in [1.54, 1.807) is 6.07 Å². The number of nitrogens with zero attached hydrogens (tertiary/aromatic N) is 1. The van der Waals surface area contributed by atoms with Gasteiger partial charge in [-0.05, 0) is 30.2 Å². The predicted octanol–water partition coefficient (Wildman–Crippen LogP) is 2.35. The first-order valence-electron chi connectivity index (χ1n) is 8.67. The second-order valence-corrected chi connectivity index (χ2v) is 6.30. The highest BCUT2D eigenvalue weighted by molar-refractivity contribution is 5.98. The highest BCUT2D eigenvalue weighted by atomic mass is 19.1. The van der Waals surface area contributed by atoms with Crippen molar-refractivity contribution in [1.82, 2.24) is 4.90 Å². The topological polar surface area (TPSA) is 78.9 Å². The molecule has 7 heteroatoms. The van der Waals surface area contributed by atoms with Crippen molar-refractivity contribution in [2.24, 2.45) is 0 Å². The molecule has 1 aliphatic heterocycles. The summed E-state index contributed by atoms with van der Waals surface area (Å²) in [6.45, 7) is -0.00961. The minimum atomic E-state index is -0.705. The van der Waals surface area contributed by atoms with Crippen LogP contribution < -0.4 is 10.1 Å². The van der Waals surface area contributed by atoms with Crippen LogP contribution in [0.5, 0.6) is 5.75 Å². The molecule has 0 atom stereocenters. The molecular weight excluding hydrogens is 351 g/mol. The minimum Gasteiger partial charge on any atom is -0.496 e. The quantitative estimate of drug-likeness (QED) is 0.816. The van der Waals surface area contributed by atoms with Gasteiger partial charge < -0.3 is 20.1 Å². The number of methoxy groups -OCH3 is 1. The number of aliphatic hydroxyl groups excluding tert-OH is 1. The van der Waals surface area contributed by atoms with Crippen LogP contribution in [-0.4, -0.2) is 42.1 Å². The van der Waals surface area contributed by atoms with E-state index in [-0.39, 0.29) is 31.2 Å². The molecular formula is C20H21FN2O4. The van der Waals surface area contributed by atoms with Crippen LogP contribution in [0.25, 0.3) is 0 Å². The number of carbonyl (C=O) groups excluding carboxylic acids is 2. The Morgan fingerprint density at radius 2 is 2.07 bits per heavy atom. The molecule has 2 N–H and O–H groups in total. The average Bonchev–Trinajstić information content (AvgIpc) is 2.67. The van der Waals surface area contributed by atoms with E-state index in [2.05, 4.69) is 5.32 Å². The van der Waals surface area contributed by atoms with E-state index in [9.17, 15) is 19.1 Å². The highest BCUT2D eigenvalue weighted by Crippen LogP contribution is 2.27. The molecule has 0 spiro atoms. The number of anilines is 1. The van der Waals surface area contributed by atoms with Crippen LogP contribution in [0.3, 0.4) is 0 Å². The number of hydrogen-bond acceptors (Lipinski definition) is 4. The first-order chi connectivity index (χ1) is 13.0. The third-order valence-corrected chi connectivity index (χ3v) is 4.53. The second-order valence-electron chi connectivity index (χ2n) is 6.30. The van der Waals surface area contributed by atoms with Gasteiger partial charge in [0, 0.05) is 30.8 Å². The Morgan fingerprint density at radius 1 is 1.30 bits per heavy atom. The van der Waals surface area contributed by atoms with Crippen molar-refractivity contribution in [3.8, 4) is 5.75 Å². The number of nitrogens with one attached hydrogen (secondary N) is 1. The van der Waals surface area contributed by atoms with Crippen molar-refractivity contribution >= 4 is 17.5 Å². The zero-order valence-electron chi connectivity index (χ0n) is 15.0. The summed E-state index contributed by atoms with van der Waals surface area (Å²) in [6.07, 6.45) is 0.752. The molecule has 0 fully saturated rings. The Kier molecular flexibility index (Phi) is 5.71. The van der Waals surface area contributed by atoms with Crippen LogP contribution in [0, 0.1) is 5.82 Å². The van der Waals surface area contributed by atoms with Gasteiger partial charge in [0.05, 0.1) is 19.3 Å². The lowest BCUT2D eigenvalue weighted by atomic mass is 9.99. The molecule has 142 valence electrons. The van der Waals surface area contributed by atoms with Crippen molar-refractivity contribution in [1.29, 1.82) is 0 Å². The van der Waals surface area contributed by atoms with Crippen molar-refractivity contribution in [2.45, 2.75) is 19.4 Å². The first kappa shape index (κ1) is 18.8. The van der Waals surface area contributed by atoms with Crippen molar-refractivity contribution < 1.29 is 23.8 Å². The SMILES string of the molecule is COc1ccccc1CN(CCO)C(=O)c1cc2c(cc1F)NC(=O)CC2. The Hall–Kier alpha value is -2.93. The minimum absolute atomic E-state index is 0.0597. The highest BCUT2D eigenvalue weighted by Gasteiger charge is 2.24. The number of amides is 2. The van der Waals surface area contributed by atoms with Crippen molar-refractivity contribution in [3.63, 3.8) is 0 Å². The molecule has 1 heterocycles. The van der Waals surface area contributed by atoms with Gasteiger partial charge in [0.25, 0.3) is 5.91 Å². The van der Waals surface area contributed by atoms with Crippen molar-refractivity contribution in [2.75, 3.05) is 25.6 Å². The number of hydrogen-bond donors (Lipinski definition) is 2. The predicted molar refractivity (Wildman–Crippen MR) is 98.2 cm³/mol. The molecule has 1 aliphatic rings. The number of ether oxygens (including phenoxy) is 1. The zero-order chi connectivity index (χ0) is 19.4. The van der Waals surface area contributed by atoms with Crippen LogP contribution in [0.15, 0.2) is 36.4 Å². The van der Waals surface area contributed by atoms with Crippen LogP contribution >= 0.6 is 0 Å². The maximum absolute atomic E-state index is 14.6. The van der Waals surface area contributed by atoms with E-state index in [0.717, 1.165) is 11.1 Å². The summed E-state index contributed by atoms with van der Waals surface area (Å²) in [5.41, 5.74) is 1.81. The molecule has 0 radical (unpaired) electrons. The van der Waals surface area contributed by atoms with Gasteiger partial charge in [-0.15, -0.1) is 0 Å². The molecule has 0 saturated heterocycles. The van der Waals surface area contributed by atoms with Gasteiger partial charge in [-0.2, -0.15) is 0 Å². The van der Waals surface area contributed by atoms with Crippen LogP contribution in [0.1, 0.15) is 27.9 Å². The van der Waals surface area contributed by atoms with Crippen LogP contribution in [-0.2, 0) is 17.8 Å². The van der Waals surface area contributed by atoms with E-state index in [1.165, 1.54) is 24.1 Å². The summed E-state index contributed by atoms with van der Waals surface area (Å²) in [5, 5.41) is 12.0. The first-order valence-corrected chi connectivity index (χ1v) is 8.67. The van der Waals surface area contributed by atoms with Crippen LogP contribution in [0.2, 0.25) is 0 Å². The van der Waals surface area contributed by atoms with Crippen LogP contribution in [0.4, 0.5) is 10.1 Å². The number of halogens is 1. The summed E-state index contributed by atoms with van der Waals surface area (Å²) < 4.78 is 19.9. The van der Waals surface area contributed by atoms with Gasteiger partial charge in [0.1, 0.15) is 11.6 Å². The lowest BCUT2D eigenvalue weighted by Gasteiger charge is -2.24. The Bertz CT molecular complexity index is 869. The average molecular weight is 372 g/mol. The second kappa shape index (κ2) is 8.18. The largest absolute Gasteiger partial charge is 0.496 e. The van der Waals surface area contributed by atoms with Crippen molar-refractivity contribution in [3.05, 3.63) is 58.9 Å². The van der Waals surface area contributed by atoms with Gasteiger partial charge in [-0.25, -0.2) is 4.39 Å². The van der Waals surface area contributed by atoms with Gasteiger partial charge in [0.15, 0.2) is 0 Å². The number of aliphatic hydroxyl groups is 1. The van der Waals surface area contributed by atoms with Gasteiger partial charge in [0.2, 0.25) is 5.91 Å². The molecule has 6 nitrogen and oxygen atoms in total. The fourth-order valence-corrected chi connectivity index (χ4v) is 3.15. The number of carbonyl (C=O) groups is 2. The maximum Gasteiger partial charge on any atom is 0.257 e. The molecule has 2 amide bonds. The lowest BCUT2D eigenvalue weighted by Crippen LogP contribution is -2.34. The molecule has 0 saturated carbocycles. The van der Waals surface area contributed by atoms with Gasteiger partial charge >= 0.3 is 0 Å². The molecule has 3 rings (SSSR count). The summed E-state index contributed by atoms with van der Waals surface area (Å²) >= 11 is 0. The molecule has 2 aromatic rings. The molecule has 0 aliphatic carbocycles. The smallest absolute Gasteiger partial charge is 0.257 e. The van der Waals surface area contributed by atoms with E-state index >= 15 is 0 Å². The Morgan fingerprint density at radius 3 is 2.81 bits per heavy atom. The number of para-hydroxylation sites is 1. The molecule has 0 bridgehead atoms. The number of benzene rings is 2. The molecule has 0 aromatic heterocycles. The molecule has 0 unspecified atom stereocenters. The third-order valence-electron chi connectivity index (χ3n) is 4.53. The van der Waals surface area contributed by atoms with Gasteiger partial charge in [-0.3, -0.25) is 9.59 Å². The number of fused-ring (bicyclic) bond motifs is 1. The standard InChI is InChI=1S/C20H21FN2O4/c1-27-18-5-3-2-4-14(18)12-23(8-9-24)20(26)15-10-13-6-7-19(25)22-17(13)11-16(15)21/h2-5,10-11,24H,6-9,12H2,1H3,(H,22,25). The van der Waals surface area contributed by atoms with E-state index in [1.807, 2.05) is 18.2 Å². The maximum atomic E-state index is 14.6.